The van der Waals surface area contributed by atoms with Crippen LogP contribution in [-0.2, 0) is 9.47 Å². The van der Waals surface area contributed by atoms with Crippen molar-refractivity contribution in [1.29, 1.82) is 0 Å². The Morgan fingerprint density at radius 2 is 2.27 bits per heavy atom. The highest BCUT2D eigenvalue weighted by atomic mass is 32.1. The summed E-state index contributed by atoms with van der Waals surface area (Å²) in [4.78, 5) is 2.92. The van der Waals surface area contributed by atoms with Crippen LogP contribution in [0.4, 0.5) is 0 Å². The molecule has 1 aliphatic rings. The molecule has 88 valence electrons. The van der Waals surface area contributed by atoms with Gasteiger partial charge < -0.3 is 15.2 Å². The third-order valence-corrected chi connectivity index (χ3v) is 2.92. The number of ether oxygens (including phenoxy) is 2. The topological polar surface area (TPSA) is 47.7 Å². The van der Waals surface area contributed by atoms with Gasteiger partial charge in [0.15, 0.2) is 0 Å². The highest BCUT2D eigenvalue weighted by Gasteiger charge is 2.25. The monoisotopic (exact) mass is 232 g/mol. The smallest absolute Gasteiger partial charge is 0.0902 e. The van der Waals surface area contributed by atoms with E-state index in [0.717, 1.165) is 26.1 Å². The van der Waals surface area contributed by atoms with Crippen LogP contribution in [0.3, 0.4) is 0 Å². The first-order chi connectivity index (χ1) is 7.25. The largest absolute Gasteiger partial charge is 0.392 e. The summed E-state index contributed by atoms with van der Waals surface area (Å²) in [5, 5.41) is 0. The van der Waals surface area contributed by atoms with Crippen molar-refractivity contribution in [2.45, 2.75) is 18.9 Å². The molecule has 1 saturated heterocycles. The molecule has 4 nitrogen and oxygen atoms in total. The van der Waals surface area contributed by atoms with Crippen molar-refractivity contribution in [3.63, 3.8) is 0 Å². The summed E-state index contributed by atoms with van der Waals surface area (Å²) < 4.78 is 10.3. The lowest BCUT2D eigenvalue weighted by molar-refractivity contribution is 0.0584. The fourth-order valence-corrected chi connectivity index (χ4v) is 2.11. The van der Waals surface area contributed by atoms with Crippen LogP contribution < -0.4 is 5.73 Å². The van der Waals surface area contributed by atoms with Crippen LogP contribution >= 0.6 is 12.2 Å². The Bertz CT molecular complexity index is 202. The van der Waals surface area contributed by atoms with E-state index in [1.165, 1.54) is 6.42 Å². The van der Waals surface area contributed by atoms with Crippen molar-refractivity contribution in [3.8, 4) is 0 Å². The molecule has 1 heterocycles. The van der Waals surface area contributed by atoms with Crippen LogP contribution in [0.25, 0.3) is 0 Å². The number of thiocarbonyl (C=S) groups is 1. The molecular formula is C10H20N2O2S. The normalized spacial score (nSPS) is 22.1. The second kappa shape index (κ2) is 7.11. The Balaban J connectivity index is 2.12. The van der Waals surface area contributed by atoms with E-state index in [2.05, 4.69) is 4.90 Å². The van der Waals surface area contributed by atoms with Gasteiger partial charge in [-0.15, -0.1) is 0 Å². The Kier molecular flexibility index (Phi) is 6.09. The van der Waals surface area contributed by atoms with Gasteiger partial charge >= 0.3 is 0 Å². The third kappa shape index (κ3) is 4.42. The SMILES string of the molecule is COCCOCCN1CCCC1C(N)=S. The number of nitrogens with zero attached hydrogens (tertiary/aromatic N) is 1. The quantitative estimate of drug-likeness (QED) is 0.508. The molecule has 0 bridgehead atoms. The number of nitrogens with two attached hydrogens (primary N) is 1. The molecule has 0 radical (unpaired) electrons. The second-order valence-corrected chi connectivity index (χ2v) is 4.17. The predicted octanol–water partition coefficient (Wildman–Crippen LogP) is 0.400. The molecule has 0 aromatic heterocycles. The maximum Gasteiger partial charge on any atom is 0.0902 e. The Morgan fingerprint density at radius 3 is 2.93 bits per heavy atom. The van der Waals surface area contributed by atoms with Crippen LogP contribution in [-0.4, -0.2) is 56.0 Å². The lowest BCUT2D eigenvalue weighted by Gasteiger charge is -2.23. The summed E-state index contributed by atoms with van der Waals surface area (Å²) in [6.07, 6.45) is 2.27. The van der Waals surface area contributed by atoms with E-state index in [0.29, 0.717) is 18.2 Å². The maximum atomic E-state index is 5.67. The zero-order chi connectivity index (χ0) is 11.1. The first-order valence-corrected chi connectivity index (χ1v) is 5.76. The molecule has 0 aromatic carbocycles. The van der Waals surface area contributed by atoms with Crippen LogP contribution in [0.1, 0.15) is 12.8 Å². The fourth-order valence-electron chi connectivity index (χ4n) is 1.84. The molecule has 0 saturated carbocycles. The number of likely N-dealkylation sites (tertiary alicyclic amines) is 1. The lowest BCUT2D eigenvalue weighted by Crippen LogP contribution is -2.40. The molecule has 0 aliphatic carbocycles. The van der Waals surface area contributed by atoms with Gasteiger partial charge in [0.2, 0.25) is 0 Å². The molecule has 1 unspecified atom stereocenters. The van der Waals surface area contributed by atoms with E-state index in [9.17, 15) is 0 Å². The van der Waals surface area contributed by atoms with E-state index >= 15 is 0 Å². The summed E-state index contributed by atoms with van der Waals surface area (Å²) in [6.45, 7) is 4.02. The summed E-state index contributed by atoms with van der Waals surface area (Å²) in [6, 6.07) is 0.283. The van der Waals surface area contributed by atoms with Crippen molar-refractivity contribution < 1.29 is 9.47 Å². The number of methoxy groups -OCH3 is 1. The average molecular weight is 232 g/mol. The van der Waals surface area contributed by atoms with Gasteiger partial charge in [0, 0.05) is 13.7 Å². The van der Waals surface area contributed by atoms with Crippen molar-refractivity contribution in [3.05, 3.63) is 0 Å². The summed E-state index contributed by atoms with van der Waals surface area (Å²) >= 11 is 5.03. The molecule has 0 amide bonds. The standard InChI is InChI=1S/C10H20N2O2S/c1-13-7-8-14-6-5-12-4-2-3-9(12)10(11)15/h9H,2-8H2,1H3,(H2,11,15). The van der Waals surface area contributed by atoms with E-state index in [4.69, 9.17) is 27.4 Å². The first kappa shape index (κ1) is 12.8. The molecule has 1 aliphatic heterocycles. The summed E-state index contributed by atoms with van der Waals surface area (Å²) in [5.74, 6) is 0. The number of hydrogen-bond donors (Lipinski definition) is 1. The molecular weight excluding hydrogens is 212 g/mol. The summed E-state index contributed by atoms with van der Waals surface area (Å²) in [5.41, 5.74) is 5.67. The van der Waals surface area contributed by atoms with Gasteiger partial charge in [-0.05, 0) is 19.4 Å². The molecule has 15 heavy (non-hydrogen) atoms. The van der Waals surface area contributed by atoms with Crippen molar-refractivity contribution in [1.82, 2.24) is 4.90 Å². The van der Waals surface area contributed by atoms with Crippen molar-refractivity contribution >= 4 is 17.2 Å². The lowest BCUT2D eigenvalue weighted by atomic mass is 10.2. The van der Waals surface area contributed by atoms with Crippen LogP contribution in [0.2, 0.25) is 0 Å². The number of hydrogen-bond acceptors (Lipinski definition) is 4. The van der Waals surface area contributed by atoms with Crippen LogP contribution in [0.15, 0.2) is 0 Å². The highest BCUT2D eigenvalue weighted by Crippen LogP contribution is 2.16. The highest BCUT2D eigenvalue weighted by molar-refractivity contribution is 7.80. The van der Waals surface area contributed by atoms with Crippen LogP contribution in [0.5, 0.6) is 0 Å². The Labute approximate surface area is 96.7 Å². The van der Waals surface area contributed by atoms with Crippen LogP contribution in [0, 0.1) is 0 Å². The van der Waals surface area contributed by atoms with Gasteiger partial charge in [0.25, 0.3) is 0 Å². The van der Waals surface area contributed by atoms with E-state index in [-0.39, 0.29) is 6.04 Å². The zero-order valence-electron chi connectivity index (χ0n) is 9.28. The van der Waals surface area contributed by atoms with E-state index < -0.39 is 0 Å². The molecule has 0 spiro atoms. The van der Waals surface area contributed by atoms with Crippen molar-refractivity contribution in [2.24, 2.45) is 5.73 Å². The minimum absolute atomic E-state index is 0.283. The predicted molar refractivity (Wildman–Crippen MR) is 64.1 cm³/mol. The molecule has 1 rings (SSSR count). The van der Waals surface area contributed by atoms with Gasteiger partial charge in [0.1, 0.15) is 0 Å². The molecule has 2 N–H and O–H groups in total. The van der Waals surface area contributed by atoms with Gasteiger partial charge in [-0.25, -0.2) is 0 Å². The van der Waals surface area contributed by atoms with E-state index in [1.807, 2.05) is 0 Å². The second-order valence-electron chi connectivity index (χ2n) is 3.70. The molecule has 1 fully saturated rings. The fraction of sp³-hybridized carbons (Fsp3) is 0.900. The zero-order valence-corrected chi connectivity index (χ0v) is 10.1. The Morgan fingerprint density at radius 1 is 1.47 bits per heavy atom. The average Bonchev–Trinajstić information content (AvgIpc) is 2.66. The van der Waals surface area contributed by atoms with E-state index in [1.54, 1.807) is 7.11 Å². The van der Waals surface area contributed by atoms with Crippen molar-refractivity contribution in [2.75, 3.05) is 40.0 Å². The minimum Gasteiger partial charge on any atom is -0.392 e. The van der Waals surface area contributed by atoms with Gasteiger partial charge in [-0.3, -0.25) is 4.90 Å². The number of rotatable bonds is 7. The maximum absolute atomic E-state index is 5.67. The first-order valence-electron chi connectivity index (χ1n) is 5.35. The third-order valence-electron chi connectivity index (χ3n) is 2.65. The molecule has 5 heteroatoms. The van der Waals surface area contributed by atoms with Gasteiger partial charge in [-0.1, -0.05) is 12.2 Å². The minimum atomic E-state index is 0.283. The van der Waals surface area contributed by atoms with Gasteiger partial charge in [0.05, 0.1) is 30.9 Å². The summed E-state index contributed by atoms with van der Waals surface area (Å²) in [7, 11) is 1.67. The van der Waals surface area contributed by atoms with Gasteiger partial charge in [-0.2, -0.15) is 0 Å². The molecule has 0 aromatic rings. The molecule has 1 atom stereocenters. The Hall–Kier alpha value is -0.230.